The number of hydrogen-bond donors (Lipinski definition) is 0. The molecule has 1 aromatic carbocycles. The quantitative estimate of drug-likeness (QED) is 0.652. The van der Waals surface area contributed by atoms with Gasteiger partial charge in [0.2, 0.25) is 12.5 Å². The van der Waals surface area contributed by atoms with Crippen LogP contribution in [0.5, 0.6) is 17.2 Å². The first-order chi connectivity index (χ1) is 14.0. The van der Waals surface area contributed by atoms with Crippen molar-refractivity contribution in [1.82, 2.24) is 18.7 Å². The van der Waals surface area contributed by atoms with E-state index in [1.54, 1.807) is 31.7 Å². The van der Waals surface area contributed by atoms with Gasteiger partial charge in [0, 0.05) is 20.1 Å². The summed E-state index contributed by atoms with van der Waals surface area (Å²) in [4.78, 5) is 29.9. The third kappa shape index (κ3) is 2.89. The highest BCUT2D eigenvalue weighted by Gasteiger charge is 2.20. The molecule has 0 amide bonds. The van der Waals surface area contributed by atoms with Crippen molar-refractivity contribution >= 4 is 23.3 Å². The van der Waals surface area contributed by atoms with Gasteiger partial charge in [0.15, 0.2) is 22.7 Å². The van der Waals surface area contributed by atoms with Crippen LogP contribution in [0.4, 0.5) is 0 Å². The molecule has 0 saturated carbocycles. The minimum absolute atomic E-state index is 0.155. The number of rotatable bonds is 5. The second kappa shape index (κ2) is 7.16. The smallest absolute Gasteiger partial charge is 0.332 e. The topological polar surface area (TPSA) is 89.5 Å². The lowest BCUT2D eigenvalue weighted by Gasteiger charge is -2.08. The average Bonchev–Trinajstić information content (AvgIpc) is 3.31. The maximum atomic E-state index is 12.8. The summed E-state index contributed by atoms with van der Waals surface area (Å²) in [6, 6.07) is 3.68. The van der Waals surface area contributed by atoms with Crippen LogP contribution in [-0.2, 0) is 20.1 Å². The summed E-state index contributed by atoms with van der Waals surface area (Å²) in [5.41, 5.74) is 0.934. The second-order valence-electron chi connectivity index (χ2n) is 6.57. The summed E-state index contributed by atoms with van der Waals surface area (Å²) in [6.07, 6.45) is 3.63. The van der Waals surface area contributed by atoms with Gasteiger partial charge in [-0.05, 0) is 37.6 Å². The third-order valence-corrected chi connectivity index (χ3v) is 5.01. The second-order valence-corrected chi connectivity index (χ2v) is 6.57. The highest BCUT2D eigenvalue weighted by atomic mass is 16.7. The molecule has 9 heteroatoms. The molecule has 3 heterocycles. The van der Waals surface area contributed by atoms with E-state index in [2.05, 4.69) is 4.98 Å². The number of aryl methyl sites for hydroxylation is 2. The van der Waals surface area contributed by atoms with E-state index in [1.807, 2.05) is 25.1 Å². The van der Waals surface area contributed by atoms with E-state index >= 15 is 0 Å². The number of aromatic nitrogens is 4. The molecule has 152 valence electrons. The molecular formula is C20H22N4O5. The number of nitrogens with zero attached hydrogens (tertiary/aromatic N) is 4. The van der Waals surface area contributed by atoms with Gasteiger partial charge in [0.1, 0.15) is 5.82 Å². The first-order valence-electron chi connectivity index (χ1n) is 9.35. The fourth-order valence-corrected chi connectivity index (χ4v) is 3.51. The third-order valence-electron chi connectivity index (χ3n) is 5.01. The van der Waals surface area contributed by atoms with Gasteiger partial charge in [-0.15, -0.1) is 0 Å². The van der Waals surface area contributed by atoms with E-state index < -0.39 is 0 Å². The minimum atomic E-state index is -0.346. The SMILES string of the molecule is CCn1c(=O)c2c(nc(/C=C/c3cc(OC)c4c(c3)OCO4)n2C)n(CC)c1=O. The lowest BCUT2D eigenvalue weighted by atomic mass is 10.1. The average molecular weight is 398 g/mol. The maximum absolute atomic E-state index is 12.8. The molecule has 2 aromatic heterocycles. The van der Waals surface area contributed by atoms with E-state index in [9.17, 15) is 9.59 Å². The highest BCUT2D eigenvalue weighted by molar-refractivity contribution is 5.77. The van der Waals surface area contributed by atoms with Gasteiger partial charge in [0.05, 0.1) is 7.11 Å². The number of fused-ring (bicyclic) bond motifs is 2. The van der Waals surface area contributed by atoms with Crippen molar-refractivity contribution in [2.45, 2.75) is 26.9 Å². The van der Waals surface area contributed by atoms with Gasteiger partial charge < -0.3 is 18.8 Å². The van der Waals surface area contributed by atoms with E-state index in [0.29, 0.717) is 47.3 Å². The Bertz CT molecular complexity index is 1250. The summed E-state index contributed by atoms with van der Waals surface area (Å²) < 4.78 is 20.7. The van der Waals surface area contributed by atoms with E-state index in [1.165, 1.54) is 9.13 Å². The summed E-state index contributed by atoms with van der Waals surface area (Å²) in [5.74, 6) is 2.33. The lowest BCUT2D eigenvalue weighted by Crippen LogP contribution is -2.39. The van der Waals surface area contributed by atoms with Crippen LogP contribution in [-0.4, -0.2) is 32.6 Å². The van der Waals surface area contributed by atoms with Gasteiger partial charge in [-0.1, -0.05) is 6.08 Å². The van der Waals surface area contributed by atoms with Crippen LogP contribution in [0.15, 0.2) is 21.7 Å². The molecule has 0 N–H and O–H groups in total. The van der Waals surface area contributed by atoms with E-state index in [0.717, 1.165) is 5.56 Å². The Labute approximate surface area is 166 Å². The Balaban J connectivity index is 1.84. The molecule has 0 aliphatic carbocycles. The first kappa shape index (κ1) is 18.9. The lowest BCUT2D eigenvalue weighted by molar-refractivity contribution is 0.171. The van der Waals surface area contributed by atoms with Crippen LogP contribution in [0.1, 0.15) is 25.2 Å². The molecule has 9 nitrogen and oxygen atoms in total. The van der Waals surface area contributed by atoms with Crippen LogP contribution in [0.3, 0.4) is 0 Å². The highest BCUT2D eigenvalue weighted by Crippen LogP contribution is 2.42. The molecular weight excluding hydrogens is 376 g/mol. The van der Waals surface area contributed by atoms with Crippen molar-refractivity contribution < 1.29 is 14.2 Å². The van der Waals surface area contributed by atoms with Crippen LogP contribution in [0.25, 0.3) is 23.3 Å². The summed E-state index contributed by atoms with van der Waals surface area (Å²) in [7, 11) is 3.33. The first-order valence-corrected chi connectivity index (χ1v) is 9.35. The zero-order valence-corrected chi connectivity index (χ0v) is 16.8. The molecule has 0 radical (unpaired) electrons. The minimum Gasteiger partial charge on any atom is -0.493 e. The van der Waals surface area contributed by atoms with Gasteiger partial charge in [0.25, 0.3) is 5.56 Å². The number of imidazole rings is 1. The number of benzene rings is 1. The molecule has 1 aliphatic heterocycles. The predicted octanol–water partition coefficient (Wildman–Crippen LogP) is 1.84. The van der Waals surface area contributed by atoms with Crippen LogP contribution in [0, 0.1) is 0 Å². The van der Waals surface area contributed by atoms with Crippen molar-refractivity contribution in [1.29, 1.82) is 0 Å². The van der Waals surface area contributed by atoms with Gasteiger partial charge in [-0.25, -0.2) is 9.78 Å². The monoisotopic (exact) mass is 398 g/mol. The zero-order chi connectivity index (χ0) is 20.7. The summed E-state index contributed by atoms with van der Waals surface area (Å²) >= 11 is 0. The van der Waals surface area contributed by atoms with Crippen molar-refractivity contribution in [3.8, 4) is 17.2 Å². The van der Waals surface area contributed by atoms with Crippen LogP contribution >= 0.6 is 0 Å². The Morgan fingerprint density at radius 2 is 1.90 bits per heavy atom. The zero-order valence-electron chi connectivity index (χ0n) is 16.8. The predicted molar refractivity (Wildman–Crippen MR) is 109 cm³/mol. The van der Waals surface area contributed by atoms with Gasteiger partial charge in [-0.2, -0.15) is 0 Å². The maximum Gasteiger partial charge on any atom is 0.332 e. The van der Waals surface area contributed by atoms with Crippen LogP contribution < -0.4 is 25.5 Å². The van der Waals surface area contributed by atoms with Crippen molar-refractivity contribution in [3.05, 3.63) is 44.4 Å². The molecule has 0 unspecified atom stereocenters. The van der Waals surface area contributed by atoms with Crippen LogP contribution in [0.2, 0.25) is 0 Å². The fourth-order valence-electron chi connectivity index (χ4n) is 3.51. The molecule has 0 bridgehead atoms. The normalized spacial score (nSPS) is 13.0. The number of hydrogen-bond acceptors (Lipinski definition) is 6. The Morgan fingerprint density at radius 3 is 2.59 bits per heavy atom. The number of methoxy groups -OCH3 is 1. The largest absolute Gasteiger partial charge is 0.493 e. The standard InChI is InChI=1S/C20H22N4O5/c1-5-23-18-16(19(25)24(6-2)20(23)26)22(3)15(21-18)8-7-12-9-13(27-4)17-14(10-12)28-11-29-17/h7-10H,5-6,11H2,1-4H3/b8-7+. The molecule has 0 fully saturated rings. The number of ether oxygens (including phenoxy) is 3. The Kier molecular flexibility index (Phi) is 4.65. The summed E-state index contributed by atoms with van der Waals surface area (Å²) in [6.45, 7) is 4.52. The summed E-state index contributed by atoms with van der Waals surface area (Å²) in [5, 5.41) is 0. The van der Waals surface area contributed by atoms with E-state index in [4.69, 9.17) is 14.2 Å². The van der Waals surface area contributed by atoms with Crippen molar-refractivity contribution in [2.24, 2.45) is 7.05 Å². The molecule has 0 saturated heterocycles. The molecule has 0 atom stereocenters. The van der Waals surface area contributed by atoms with E-state index in [-0.39, 0.29) is 18.0 Å². The van der Waals surface area contributed by atoms with Gasteiger partial charge in [-0.3, -0.25) is 13.9 Å². The molecule has 3 aromatic rings. The fraction of sp³-hybridized carbons (Fsp3) is 0.350. The molecule has 1 aliphatic rings. The Morgan fingerprint density at radius 1 is 1.14 bits per heavy atom. The molecule has 0 spiro atoms. The van der Waals surface area contributed by atoms with Crippen molar-refractivity contribution in [2.75, 3.05) is 13.9 Å². The van der Waals surface area contributed by atoms with Gasteiger partial charge >= 0.3 is 5.69 Å². The Hall–Kier alpha value is -3.49. The van der Waals surface area contributed by atoms with Crippen molar-refractivity contribution in [3.63, 3.8) is 0 Å². The molecule has 29 heavy (non-hydrogen) atoms. The molecule has 4 rings (SSSR count).